The molecule has 0 aromatic carbocycles. The molecular weight excluding hydrogens is 977 g/mol. The highest BCUT2D eigenvalue weighted by atomic mass is 16.8. The summed E-state index contributed by atoms with van der Waals surface area (Å²) in [5.41, 5.74) is -5.25. The molecule has 22 nitrogen and oxygen atoms in total. The standard InChI is InChI=1S/C52H86O22/c1-23-33(56)37(60)41(64)45(71-23)74-42-35(58)27(55)20-68-46(42)73-31-13-16-49(6)29(48(31,4)5)12-17-50(7)30(49)11-10-24-32(51(8,66)15-9-14-47(2,3)65)25(53)18-52(24,50)22-70-44-40(63)38(61)36(59)28(72-44)21-69-43-39(62)34(57)26(54)19-67-43/h9,14,23-24,26-46,54-66H,10-13,15-22H2,1-8H3/b14-9+/t23-,24+,26+,27+,28-,29+,30+,31+,32-,33-,34-,35+,36+,37+,38-,39-,40-,41-,42-,43+,44-,45+,46+,49+,50-,51-,52+/m0/s1. The number of ether oxygens (including phenoxy) is 8. The maximum absolute atomic E-state index is 14.9. The summed E-state index contributed by atoms with van der Waals surface area (Å²) in [6, 6.07) is 0. The van der Waals surface area contributed by atoms with Crippen LogP contribution < -0.4 is 0 Å². The molecule has 0 amide bonds. The number of hydrogen-bond acceptors (Lipinski definition) is 22. The van der Waals surface area contributed by atoms with Gasteiger partial charge in [-0.15, -0.1) is 0 Å². The molecule has 4 heterocycles. The molecular formula is C52H86O22. The third-order valence-electron chi connectivity index (χ3n) is 19.4. The van der Waals surface area contributed by atoms with E-state index in [-0.39, 0.29) is 55.7 Å². The molecule has 0 aromatic rings. The van der Waals surface area contributed by atoms with Crippen LogP contribution in [-0.2, 0) is 42.7 Å². The number of ketones is 1. The molecule has 74 heavy (non-hydrogen) atoms. The first-order valence-corrected chi connectivity index (χ1v) is 26.6. The maximum atomic E-state index is 14.9. The van der Waals surface area contributed by atoms with Crippen LogP contribution in [0.3, 0.4) is 0 Å². The minimum atomic E-state index is -1.78. The van der Waals surface area contributed by atoms with Gasteiger partial charge in [0.2, 0.25) is 0 Å². The lowest BCUT2D eigenvalue weighted by atomic mass is 9.35. The Kier molecular flexibility index (Phi) is 17.1. The number of aliphatic hydroxyl groups excluding tert-OH is 11. The van der Waals surface area contributed by atoms with Gasteiger partial charge in [0.15, 0.2) is 25.2 Å². The first kappa shape index (κ1) is 58.7. The predicted octanol–water partition coefficient (Wildman–Crippen LogP) is -1.75. The van der Waals surface area contributed by atoms with E-state index in [1.54, 1.807) is 32.9 Å². The van der Waals surface area contributed by atoms with Gasteiger partial charge in [0.25, 0.3) is 0 Å². The summed E-state index contributed by atoms with van der Waals surface area (Å²) >= 11 is 0. The molecule has 0 aromatic heterocycles. The largest absolute Gasteiger partial charge is 0.389 e. The third-order valence-corrected chi connectivity index (χ3v) is 19.4. The lowest BCUT2D eigenvalue weighted by Gasteiger charge is -2.70. The number of carbonyl (C=O) groups excluding carboxylic acids is 1. The fourth-order valence-corrected chi connectivity index (χ4v) is 15.4. The lowest BCUT2D eigenvalue weighted by molar-refractivity contribution is -0.365. The average molecular weight is 1060 g/mol. The van der Waals surface area contributed by atoms with Gasteiger partial charge in [-0.1, -0.05) is 39.8 Å². The normalized spacial score (nSPS) is 51.7. The Morgan fingerprint density at radius 3 is 1.95 bits per heavy atom. The lowest BCUT2D eigenvalue weighted by Crippen LogP contribution is -2.67. The van der Waals surface area contributed by atoms with Crippen LogP contribution in [0.25, 0.3) is 0 Å². The molecule has 8 fully saturated rings. The average Bonchev–Trinajstić information content (AvgIpc) is 3.64. The van der Waals surface area contributed by atoms with Crippen LogP contribution in [-0.4, -0.2) is 227 Å². The third kappa shape index (κ3) is 10.5. The highest BCUT2D eigenvalue weighted by molar-refractivity contribution is 5.86. The Balaban J connectivity index is 1.05. The van der Waals surface area contributed by atoms with E-state index in [9.17, 15) is 71.2 Å². The number of Topliss-reactive ketones (excluding diaryl/α,β-unsaturated/α-hetero) is 1. The van der Waals surface area contributed by atoms with E-state index in [0.29, 0.717) is 38.5 Å². The van der Waals surface area contributed by atoms with Crippen molar-refractivity contribution in [1.82, 2.24) is 0 Å². The second kappa shape index (κ2) is 21.6. The van der Waals surface area contributed by atoms with Gasteiger partial charge in [-0.25, -0.2) is 0 Å². The van der Waals surface area contributed by atoms with Crippen molar-refractivity contribution in [1.29, 1.82) is 0 Å². The summed E-state index contributed by atoms with van der Waals surface area (Å²) in [5.74, 6) is -1.45. The van der Waals surface area contributed by atoms with Crippen LogP contribution in [0.15, 0.2) is 12.2 Å². The summed E-state index contributed by atoms with van der Waals surface area (Å²) in [6.45, 7) is 13.9. The fourth-order valence-electron chi connectivity index (χ4n) is 15.4. The molecule has 8 rings (SSSR count). The number of rotatable bonds is 14. The summed E-state index contributed by atoms with van der Waals surface area (Å²) in [6.07, 6.45) is -20.1. The molecule has 0 bridgehead atoms. The summed E-state index contributed by atoms with van der Waals surface area (Å²) < 4.78 is 48.3. The van der Waals surface area contributed by atoms with Gasteiger partial charge in [-0.05, 0) is 107 Å². The highest BCUT2D eigenvalue weighted by Gasteiger charge is 2.73. The quantitative estimate of drug-likeness (QED) is 0.0678. The second-order valence-electron chi connectivity index (χ2n) is 25.1. The molecule has 4 saturated heterocycles. The van der Waals surface area contributed by atoms with Gasteiger partial charge in [0, 0.05) is 17.8 Å². The van der Waals surface area contributed by atoms with E-state index in [1.807, 2.05) is 0 Å². The molecule has 27 atom stereocenters. The predicted molar refractivity (Wildman–Crippen MR) is 255 cm³/mol. The first-order chi connectivity index (χ1) is 34.4. The molecule has 13 N–H and O–H groups in total. The van der Waals surface area contributed by atoms with Crippen molar-refractivity contribution < 1.29 is 109 Å². The topological polar surface area (TPSA) is 354 Å². The Labute approximate surface area is 432 Å². The van der Waals surface area contributed by atoms with Crippen molar-refractivity contribution in [2.24, 2.45) is 45.3 Å². The van der Waals surface area contributed by atoms with Gasteiger partial charge in [-0.2, -0.15) is 0 Å². The van der Waals surface area contributed by atoms with Gasteiger partial charge < -0.3 is 104 Å². The van der Waals surface area contributed by atoms with Crippen LogP contribution in [0.2, 0.25) is 0 Å². The van der Waals surface area contributed by atoms with Crippen LogP contribution >= 0.6 is 0 Å². The van der Waals surface area contributed by atoms with E-state index in [4.69, 9.17) is 37.9 Å². The zero-order chi connectivity index (χ0) is 54.4. The minimum absolute atomic E-state index is 0.0146. The van der Waals surface area contributed by atoms with Crippen LogP contribution in [0, 0.1) is 45.3 Å². The van der Waals surface area contributed by atoms with Crippen molar-refractivity contribution in [3.8, 4) is 0 Å². The zero-order valence-corrected chi connectivity index (χ0v) is 43.9. The van der Waals surface area contributed by atoms with Crippen molar-refractivity contribution in [2.75, 3.05) is 26.4 Å². The first-order valence-electron chi connectivity index (χ1n) is 26.6. The summed E-state index contributed by atoms with van der Waals surface area (Å²) in [7, 11) is 0. The van der Waals surface area contributed by atoms with Crippen LogP contribution in [0.4, 0.5) is 0 Å². The molecule has 22 heteroatoms. The SMILES string of the molecule is C[C@@H]1O[C@H](O[C@@H]2[C@@H](O[C@@H]3CC[C@]4(C)[C@H](CC[C@@]5(C)[C@@H]4CC[C@@H]4[C@H]([C@@](C)(O)C/C=C/C(C)(C)O)C(=O)C[C@@]45CO[C@H]4O[C@@H](CO[C@H]5OC[C@@H](O)[C@H](O)[C@@H]5O)[C@@H](O)[C@H](O)[C@@H]4O)C3(C)C)OC[C@@H](O)[C@H]2O)[C@@H](O)[C@H](O)[C@H]1O. The molecule has 8 aliphatic rings. The number of fused-ring (bicyclic) bond motifs is 5. The van der Waals surface area contributed by atoms with E-state index in [2.05, 4.69) is 27.7 Å². The van der Waals surface area contributed by atoms with Crippen LogP contribution in [0.5, 0.6) is 0 Å². The maximum Gasteiger partial charge on any atom is 0.187 e. The van der Waals surface area contributed by atoms with Crippen molar-refractivity contribution in [3.63, 3.8) is 0 Å². The zero-order valence-electron chi connectivity index (χ0n) is 43.9. The van der Waals surface area contributed by atoms with Gasteiger partial charge in [-0.3, -0.25) is 4.79 Å². The van der Waals surface area contributed by atoms with Gasteiger partial charge in [0.1, 0.15) is 85.1 Å². The van der Waals surface area contributed by atoms with Gasteiger partial charge >= 0.3 is 0 Å². The van der Waals surface area contributed by atoms with Crippen molar-refractivity contribution in [3.05, 3.63) is 12.2 Å². The van der Waals surface area contributed by atoms with Crippen LogP contribution in [0.1, 0.15) is 107 Å². The summed E-state index contributed by atoms with van der Waals surface area (Å²) in [4.78, 5) is 14.9. The second-order valence-corrected chi connectivity index (χ2v) is 25.1. The number of aliphatic hydroxyl groups is 13. The van der Waals surface area contributed by atoms with E-state index in [0.717, 1.165) is 0 Å². The highest BCUT2D eigenvalue weighted by Crippen LogP contribution is 2.76. The Morgan fingerprint density at radius 2 is 1.27 bits per heavy atom. The van der Waals surface area contributed by atoms with Crippen molar-refractivity contribution in [2.45, 2.75) is 235 Å². The number of hydrogen-bond donors (Lipinski definition) is 13. The van der Waals surface area contributed by atoms with E-state index >= 15 is 0 Å². The monoisotopic (exact) mass is 1060 g/mol. The van der Waals surface area contributed by atoms with E-state index < -0.39 is 163 Å². The Bertz CT molecular complexity index is 1970. The molecule has 4 aliphatic carbocycles. The Morgan fingerprint density at radius 1 is 0.649 bits per heavy atom. The molecule has 0 unspecified atom stereocenters. The molecule has 426 valence electrons. The molecule has 4 saturated carbocycles. The number of carbonyl (C=O) groups is 1. The fraction of sp³-hybridized carbons (Fsp3) is 0.942. The summed E-state index contributed by atoms with van der Waals surface area (Å²) in [5, 5.41) is 141. The van der Waals surface area contributed by atoms with E-state index in [1.165, 1.54) is 6.92 Å². The molecule has 0 spiro atoms. The van der Waals surface area contributed by atoms with Gasteiger partial charge in [0.05, 0.1) is 49.8 Å². The molecule has 4 aliphatic heterocycles. The molecule has 0 radical (unpaired) electrons. The Hall–Kier alpha value is -1.43. The minimum Gasteiger partial charge on any atom is -0.389 e. The smallest absolute Gasteiger partial charge is 0.187 e. The van der Waals surface area contributed by atoms with Crippen molar-refractivity contribution >= 4 is 5.78 Å².